The van der Waals surface area contributed by atoms with Gasteiger partial charge in [-0.15, -0.1) is 0 Å². The van der Waals surface area contributed by atoms with Gasteiger partial charge in [0.05, 0.1) is 49.1 Å². The van der Waals surface area contributed by atoms with Gasteiger partial charge in [-0.25, -0.2) is 4.39 Å². The molecule has 4 N–H and O–H groups in total. The number of aliphatic hydroxyl groups is 1. The number of H-pyrrole nitrogens is 1. The first-order valence-corrected chi connectivity index (χ1v) is 29.5. The molecule has 4 saturated heterocycles. The van der Waals surface area contributed by atoms with Crippen LogP contribution in [0, 0.1) is 11.7 Å². The van der Waals surface area contributed by atoms with Gasteiger partial charge in [-0.05, 0) is 95.5 Å². The number of ether oxygens (including phenoxy) is 3. The van der Waals surface area contributed by atoms with Crippen molar-refractivity contribution in [1.82, 2.24) is 45.7 Å². The number of carbonyl (C=O) groups excluding carboxylic acids is 2. The van der Waals surface area contributed by atoms with Crippen molar-refractivity contribution in [3.8, 4) is 34.0 Å². The van der Waals surface area contributed by atoms with Crippen molar-refractivity contribution in [2.75, 3.05) is 50.9 Å². The third-order valence-corrected chi connectivity index (χ3v) is 17.3. The van der Waals surface area contributed by atoms with Crippen LogP contribution in [0.4, 0.5) is 10.2 Å². The number of piperazine rings is 1. The fraction of sp³-hybridized carbons (Fsp3) is 0.452. The van der Waals surface area contributed by atoms with E-state index in [1.807, 2.05) is 88.4 Å². The molecule has 8 heterocycles. The summed E-state index contributed by atoms with van der Waals surface area (Å²) in [7, 11) is 0. The average molecular weight is 1130 g/mol. The van der Waals surface area contributed by atoms with E-state index in [0.717, 1.165) is 76.9 Å². The van der Waals surface area contributed by atoms with Crippen molar-refractivity contribution in [3.05, 3.63) is 124 Å². The summed E-state index contributed by atoms with van der Waals surface area (Å²) in [6.07, 6.45) is 10.6. The molecule has 13 rings (SSSR count). The Bertz CT molecular complexity index is 3470. The van der Waals surface area contributed by atoms with Crippen LogP contribution < -0.4 is 25.0 Å². The Hall–Kier alpha value is -7.32. The number of amides is 2. The average Bonchev–Trinajstić information content (AvgIpc) is 3.31. The first-order chi connectivity index (χ1) is 40.1. The summed E-state index contributed by atoms with van der Waals surface area (Å²) in [6, 6.07) is 21.7. The van der Waals surface area contributed by atoms with E-state index in [1.165, 1.54) is 6.07 Å². The first kappa shape index (κ1) is 55.2. The number of carbonyl (C=O) groups is 2. The molecular weight excluding hydrogens is 1060 g/mol. The lowest BCUT2D eigenvalue weighted by atomic mass is 9.91. The third-order valence-electron chi connectivity index (χ3n) is 16.9. The van der Waals surface area contributed by atoms with Gasteiger partial charge in [0.25, 0.3) is 0 Å². The van der Waals surface area contributed by atoms with Gasteiger partial charge in [0.1, 0.15) is 48.0 Å². The molecule has 0 spiro atoms. The number of nitrogens with zero attached hydrogens (tertiary/aromatic N) is 9. The summed E-state index contributed by atoms with van der Waals surface area (Å²) >= 11 is 7.07. The minimum Gasteiger partial charge on any atom is -0.486 e. The van der Waals surface area contributed by atoms with Gasteiger partial charge in [0.2, 0.25) is 11.8 Å². The third kappa shape index (κ3) is 10.9. The van der Waals surface area contributed by atoms with Crippen molar-refractivity contribution >= 4 is 51.0 Å². The maximum Gasteiger partial charge on any atom is 0.319 e. The maximum absolute atomic E-state index is 16.0. The highest BCUT2D eigenvalue weighted by atomic mass is 35.5. The number of benzene rings is 4. The molecule has 2 bridgehead atoms. The molecular formula is C62H70ClFN12O6. The number of aliphatic hydroxyl groups excluding tert-OH is 1. The molecule has 0 radical (unpaired) electrons. The van der Waals surface area contributed by atoms with E-state index in [0.29, 0.717) is 91.3 Å². The first-order valence-electron chi connectivity index (χ1n) is 29.1. The second kappa shape index (κ2) is 23.9. The second-order valence-electron chi connectivity index (χ2n) is 22.5. The Morgan fingerprint density at radius 1 is 0.927 bits per heavy atom. The Morgan fingerprint density at radius 2 is 1.70 bits per heavy atom. The summed E-state index contributed by atoms with van der Waals surface area (Å²) in [5.41, 5.74) is 7.79. The van der Waals surface area contributed by atoms with Gasteiger partial charge >= 0.3 is 6.01 Å². The Kier molecular flexibility index (Phi) is 16.1. The molecule has 5 aliphatic heterocycles. The number of rotatable bonds is 17. The van der Waals surface area contributed by atoms with E-state index in [2.05, 4.69) is 47.1 Å². The van der Waals surface area contributed by atoms with Crippen LogP contribution >= 0.6 is 11.6 Å². The molecule has 3 aromatic heterocycles. The molecule has 6 aliphatic rings. The van der Waals surface area contributed by atoms with Crippen LogP contribution in [0.5, 0.6) is 11.8 Å². The van der Waals surface area contributed by atoms with Crippen molar-refractivity contribution in [2.24, 2.45) is 16.3 Å². The number of aromatic amines is 1. The van der Waals surface area contributed by atoms with E-state index in [-0.39, 0.29) is 66.1 Å². The number of fused-ring (bicyclic) bond motifs is 4. The molecule has 82 heavy (non-hydrogen) atoms. The largest absolute Gasteiger partial charge is 0.486 e. The van der Waals surface area contributed by atoms with E-state index in [1.54, 1.807) is 28.5 Å². The Balaban J connectivity index is 0.00000329. The number of halogens is 2. The fourth-order valence-electron chi connectivity index (χ4n) is 12.5. The highest BCUT2D eigenvalue weighted by Gasteiger charge is 2.44. The summed E-state index contributed by atoms with van der Waals surface area (Å²) in [5.74, 6) is 0.245. The minimum absolute atomic E-state index is 0.0241. The number of nitrogens with one attached hydrogen (secondary N) is 3. The molecule has 6 atom stereocenters. The van der Waals surface area contributed by atoms with Crippen LogP contribution in [0.15, 0.2) is 102 Å². The summed E-state index contributed by atoms with van der Waals surface area (Å²) in [5, 5.41) is 36.9. The molecule has 2 amide bonds. The predicted molar refractivity (Wildman–Crippen MR) is 311 cm³/mol. The van der Waals surface area contributed by atoms with Crippen molar-refractivity contribution in [3.63, 3.8) is 0 Å². The predicted octanol–water partition coefficient (Wildman–Crippen LogP) is 10.2. The topological polar surface area (TPSA) is 208 Å². The Morgan fingerprint density at radius 3 is 2.40 bits per heavy atom. The monoisotopic (exact) mass is 1130 g/mol. The number of hydrogen-bond acceptors (Lipinski definition) is 15. The lowest BCUT2D eigenvalue weighted by Gasteiger charge is -2.34. The summed E-state index contributed by atoms with van der Waals surface area (Å²) < 4.78 is 35.4. The van der Waals surface area contributed by atoms with Crippen molar-refractivity contribution < 1.29 is 33.3 Å². The lowest BCUT2D eigenvalue weighted by Crippen LogP contribution is -2.54. The number of aromatic nitrogens is 5. The van der Waals surface area contributed by atoms with Gasteiger partial charge < -0.3 is 39.8 Å². The van der Waals surface area contributed by atoms with Crippen LogP contribution in [0.1, 0.15) is 113 Å². The quantitative estimate of drug-likeness (QED) is 0.0670. The number of pyridine rings is 1. The Labute approximate surface area is 481 Å². The van der Waals surface area contributed by atoms with Gasteiger partial charge in [0.15, 0.2) is 5.75 Å². The molecule has 18 nitrogen and oxygen atoms in total. The molecule has 4 aromatic carbocycles. The van der Waals surface area contributed by atoms with E-state index < -0.39 is 23.9 Å². The highest BCUT2D eigenvalue weighted by Crippen LogP contribution is 2.54. The lowest BCUT2D eigenvalue weighted by molar-refractivity contribution is -0.144. The van der Waals surface area contributed by atoms with Gasteiger partial charge in [0, 0.05) is 84.9 Å². The maximum atomic E-state index is 16.0. The molecule has 428 valence electrons. The highest BCUT2D eigenvalue weighted by molar-refractivity contribution is 6.35. The smallest absolute Gasteiger partial charge is 0.319 e. The molecule has 7 aromatic rings. The van der Waals surface area contributed by atoms with E-state index in [4.69, 9.17) is 35.8 Å². The number of anilines is 1. The SMILES string of the molecule is CC.CC(C)C(C(=O)N1CCCC1C(=O)NC(CO)c1ccc(-c2ccncc2)cc1)N1CC(c2ccc(COc3c(-c4c(Cl)c(F)cc5[nH]ncc45)c(C4CC4)cc4c(N5CC6CC5CN6)nc(OC5CCOCC5)nc34)cc2)N=N1. The van der Waals surface area contributed by atoms with Crippen LogP contribution in [0.3, 0.4) is 0 Å². The van der Waals surface area contributed by atoms with Gasteiger partial charge in [-0.1, -0.05) is 93.1 Å². The van der Waals surface area contributed by atoms with E-state index >= 15 is 4.39 Å². The zero-order valence-corrected chi connectivity index (χ0v) is 47.5. The van der Waals surface area contributed by atoms with Gasteiger partial charge in [-0.2, -0.15) is 20.2 Å². The van der Waals surface area contributed by atoms with E-state index in [9.17, 15) is 14.7 Å². The van der Waals surface area contributed by atoms with Crippen LogP contribution in [-0.4, -0.2) is 128 Å². The molecule has 1 aliphatic carbocycles. The molecule has 1 saturated carbocycles. The van der Waals surface area contributed by atoms with Crippen LogP contribution in [-0.2, 0) is 20.9 Å². The normalized spacial score (nSPS) is 21.3. The van der Waals surface area contributed by atoms with Crippen LogP contribution in [0.2, 0.25) is 5.02 Å². The second-order valence-corrected chi connectivity index (χ2v) is 22.9. The molecule has 5 fully saturated rings. The molecule has 20 heteroatoms. The van der Waals surface area contributed by atoms with Crippen LogP contribution in [0.25, 0.3) is 44.1 Å². The summed E-state index contributed by atoms with van der Waals surface area (Å²) in [6.45, 7) is 11.4. The standard InChI is InChI=1S/C60H64ClFN12O6.C2H6/c1-33(2)55(59(77)72-21-3-4-50(72)58(76)66-49(31-75)39-13-9-35(10-14-39)36-15-19-63-20-16-36)74-30-48(70-71-74)38-7-5-34(6-8-38)32-79-56-52(51-45-28-65-69-47(45)26-46(62)53(51)61)43(37-11-12-37)25-44-54(56)67-60(80-42-17-22-78-23-18-42)68-57(44)73-29-40-24-41(73)27-64-40;1-2/h5-10,13-16,19-20,25-26,28,33,37,40-42,48-50,55,64,75H,3-4,11-12,17-18,21-24,27,29-32H2,1-2H3,(H,65,69)(H,66,76);1-2H3. The minimum atomic E-state index is -0.693. The number of likely N-dealkylation sites (tertiary alicyclic amines) is 1. The zero-order valence-electron chi connectivity index (χ0n) is 46.7. The van der Waals surface area contributed by atoms with Crippen molar-refractivity contribution in [1.29, 1.82) is 0 Å². The number of hydrogen-bond donors (Lipinski definition) is 4. The van der Waals surface area contributed by atoms with Gasteiger partial charge in [-0.3, -0.25) is 24.7 Å². The summed E-state index contributed by atoms with van der Waals surface area (Å²) in [4.78, 5) is 47.1. The zero-order chi connectivity index (χ0) is 56.6. The molecule has 6 unspecified atom stereocenters. The van der Waals surface area contributed by atoms with Crippen molar-refractivity contribution in [2.45, 2.75) is 128 Å². The fourth-order valence-corrected chi connectivity index (χ4v) is 12.8.